The number of rotatable bonds is 3. The van der Waals surface area contributed by atoms with Gasteiger partial charge in [-0.1, -0.05) is 45.4 Å². The van der Waals surface area contributed by atoms with Gasteiger partial charge in [-0.25, -0.2) is 0 Å². The highest BCUT2D eigenvalue weighted by molar-refractivity contribution is 7.86. The summed E-state index contributed by atoms with van der Waals surface area (Å²) in [5.41, 5.74) is 0.894. The summed E-state index contributed by atoms with van der Waals surface area (Å²) in [6, 6.07) is 6.94. The topological polar surface area (TPSA) is 69.7 Å². The van der Waals surface area contributed by atoms with E-state index in [1.165, 1.54) is 19.3 Å². The van der Waals surface area contributed by atoms with Gasteiger partial charge in [0, 0.05) is 18.4 Å². The summed E-state index contributed by atoms with van der Waals surface area (Å²) >= 11 is 0. The lowest BCUT2D eigenvalue weighted by atomic mass is 9.44. The number of hydrogen-bond donors (Lipinski definition) is 0. The Morgan fingerprint density at radius 2 is 1.71 bits per heavy atom. The maximum atomic E-state index is 14.4. The van der Waals surface area contributed by atoms with Crippen molar-refractivity contribution >= 4 is 15.9 Å². The molecular weight excluding hydrogens is 532 g/mol. The zero-order valence-electron chi connectivity index (χ0n) is 25.7. The van der Waals surface area contributed by atoms with Crippen LogP contribution < -0.4 is 0 Å². The summed E-state index contributed by atoms with van der Waals surface area (Å²) in [7, 11) is -3.78. The fourth-order valence-electron chi connectivity index (χ4n) is 11.7. The van der Waals surface area contributed by atoms with E-state index in [4.69, 9.17) is 8.92 Å². The highest BCUT2D eigenvalue weighted by Crippen LogP contribution is 2.72. The minimum Gasteiger partial charge on any atom is -0.374 e. The van der Waals surface area contributed by atoms with Crippen LogP contribution in [0.2, 0.25) is 0 Å². The van der Waals surface area contributed by atoms with Gasteiger partial charge in [-0.15, -0.1) is 0 Å². The van der Waals surface area contributed by atoms with E-state index in [1.54, 1.807) is 12.1 Å². The largest absolute Gasteiger partial charge is 0.374 e. The van der Waals surface area contributed by atoms with Crippen molar-refractivity contribution in [2.45, 2.75) is 115 Å². The fraction of sp³-hybridized carbons (Fsp3) is 0.800. The van der Waals surface area contributed by atoms with Crippen molar-refractivity contribution in [1.82, 2.24) is 0 Å². The van der Waals surface area contributed by atoms with Gasteiger partial charge in [0.1, 0.15) is 5.78 Å². The molecule has 1 spiro atoms. The molecule has 41 heavy (non-hydrogen) atoms. The Balaban J connectivity index is 1.08. The van der Waals surface area contributed by atoms with Crippen LogP contribution in [0.25, 0.3) is 0 Å². The Morgan fingerprint density at radius 3 is 2.41 bits per heavy atom. The van der Waals surface area contributed by atoms with Crippen molar-refractivity contribution in [2.75, 3.05) is 6.61 Å². The molecule has 12 atom stereocenters. The second kappa shape index (κ2) is 9.63. The molecule has 6 aliphatic rings. The molecule has 0 radical (unpaired) electrons. The average Bonchev–Trinajstić information content (AvgIpc) is 3.38. The van der Waals surface area contributed by atoms with Crippen LogP contribution in [0, 0.1) is 65.1 Å². The summed E-state index contributed by atoms with van der Waals surface area (Å²) in [5, 5.41) is 0. The molecule has 1 heterocycles. The molecule has 0 bridgehead atoms. The molecule has 1 aliphatic heterocycles. The maximum Gasteiger partial charge on any atom is 0.297 e. The highest BCUT2D eigenvalue weighted by atomic mass is 32.2. The predicted molar refractivity (Wildman–Crippen MR) is 159 cm³/mol. The van der Waals surface area contributed by atoms with Gasteiger partial charge >= 0.3 is 0 Å². The average molecular weight is 583 g/mol. The molecule has 226 valence electrons. The van der Waals surface area contributed by atoms with Crippen molar-refractivity contribution in [3.05, 3.63) is 29.8 Å². The van der Waals surface area contributed by atoms with E-state index >= 15 is 0 Å². The van der Waals surface area contributed by atoms with Crippen LogP contribution in [-0.2, 0) is 23.8 Å². The number of carbonyl (C=O) groups excluding carboxylic acids is 1. The molecule has 6 heteroatoms. The van der Waals surface area contributed by atoms with E-state index < -0.39 is 10.1 Å². The van der Waals surface area contributed by atoms with Crippen molar-refractivity contribution in [3.63, 3.8) is 0 Å². The van der Waals surface area contributed by atoms with E-state index in [0.29, 0.717) is 59.5 Å². The summed E-state index contributed by atoms with van der Waals surface area (Å²) in [4.78, 5) is 14.6. The number of ether oxygens (including phenoxy) is 1. The van der Waals surface area contributed by atoms with Crippen LogP contribution in [0.5, 0.6) is 0 Å². The molecule has 0 unspecified atom stereocenters. The van der Waals surface area contributed by atoms with Gasteiger partial charge in [-0.3, -0.25) is 8.98 Å². The third-order valence-corrected chi connectivity index (χ3v) is 15.4. The molecule has 0 amide bonds. The Hall–Kier alpha value is -1.24. The molecular formula is C35H50O5S. The maximum absolute atomic E-state index is 14.4. The number of hydrogen-bond acceptors (Lipinski definition) is 5. The molecule has 5 aliphatic carbocycles. The van der Waals surface area contributed by atoms with Crippen LogP contribution in [0.1, 0.15) is 97.5 Å². The highest BCUT2D eigenvalue weighted by Gasteiger charge is 2.70. The van der Waals surface area contributed by atoms with Crippen LogP contribution >= 0.6 is 0 Å². The Bertz CT molecular complexity index is 1300. The Kier molecular flexibility index (Phi) is 6.70. The third-order valence-electron chi connectivity index (χ3n) is 14.0. The second-order valence-electron chi connectivity index (χ2n) is 15.9. The van der Waals surface area contributed by atoms with Gasteiger partial charge < -0.3 is 4.74 Å². The first-order valence-electron chi connectivity index (χ1n) is 16.5. The summed E-state index contributed by atoms with van der Waals surface area (Å²) in [6.45, 7) is 12.3. The monoisotopic (exact) mass is 582 g/mol. The smallest absolute Gasteiger partial charge is 0.297 e. The lowest BCUT2D eigenvalue weighted by molar-refractivity contribution is -0.167. The molecule has 5 saturated carbocycles. The lowest BCUT2D eigenvalue weighted by Gasteiger charge is -2.60. The van der Waals surface area contributed by atoms with E-state index in [9.17, 15) is 13.2 Å². The van der Waals surface area contributed by atoms with Crippen molar-refractivity contribution in [2.24, 2.45) is 58.2 Å². The van der Waals surface area contributed by atoms with Gasteiger partial charge in [-0.05, 0) is 130 Å². The standard InChI is InChI=1S/C35H50O5S/c1-21-6-9-27(10-7-21)41(37,38)40-26-13-14-33(4)25(17-26)8-11-28-29(33)18-31(36)34(5)30(28)16-24-19-35(23(3)32(24)34)15-12-22(2)20-39-35/h6-7,9-10,22-26,28-30,32H,8,11-20H2,1-5H3/t22-,23-,24-,25-,26+,28+,29-,30-,32-,33-,34+,35-/m0/s1. The first-order valence-corrected chi connectivity index (χ1v) is 18.0. The minimum atomic E-state index is -3.78. The number of Topliss-reactive ketones (excluding diaryl/α,β-unsaturated/α-hetero) is 1. The van der Waals surface area contributed by atoms with Crippen LogP contribution in [0.3, 0.4) is 0 Å². The number of aryl methyl sites for hydroxylation is 1. The third kappa shape index (κ3) is 4.19. The van der Waals surface area contributed by atoms with Gasteiger partial charge in [-0.2, -0.15) is 8.42 Å². The van der Waals surface area contributed by atoms with Crippen LogP contribution in [-0.4, -0.2) is 32.5 Å². The number of fused-ring (bicyclic) bond motifs is 7. The van der Waals surface area contributed by atoms with Gasteiger partial charge in [0.05, 0.1) is 16.6 Å². The number of ketones is 1. The molecule has 1 aromatic carbocycles. The molecule has 5 nitrogen and oxygen atoms in total. The zero-order chi connectivity index (χ0) is 28.9. The number of benzene rings is 1. The summed E-state index contributed by atoms with van der Waals surface area (Å²) in [5.74, 6) is 4.59. The molecule has 0 N–H and O–H groups in total. The van der Waals surface area contributed by atoms with Gasteiger partial charge in [0.25, 0.3) is 10.1 Å². The summed E-state index contributed by atoms with van der Waals surface area (Å²) < 4.78 is 38.6. The van der Waals surface area contributed by atoms with E-state index in [0.717, 1.165) is 50.7 Å². The van der Waals surface area contributed by atoms with Crippen molar-refractivity contribution in [1.29, 1.82) is 0 Å². The second-order valence-corrected chi connectivity index (χ2v) is 17.4. The quantitative estimate of drug-likeness (QED) is 0.348. The SMILES string of the molecule is Cc1ccc(S(=O)(=O)O[C@@H]2CC[C@@]3(C)[C@@H](CC[C@@H]4[C@@H]3CC(=O)[C@]3(C)[C@@H]5[C@@H](C[C@@H]43)C[C@@]3(CC[C@H](C)CO3)[C@H]5C)C2)cc1. The molecule has 7 rings (SSSR count). The fourth-order valence-corrected chi connectivity index (χ4v) is 12.9. The van der Waals surface area contributed by atoms with Gasteiger partial charge in [0.15, 0.2) is 0 Å². The molecule has 1 saturated heterocycles. The molecule has 1 aromatic rings. The van der Waals surface area contributed by atoms with E-state index in [1.807, 2.05) is 19.1 Å². The van der Waals surface area contributed by atoms with E-state index in [2.05, 4.69) is 27.7 Å². The Labute approximate surface area is 247 Å². The van der Waals surface area contributed by atoms with Crippen LogP contribution in [0.4, 0.5) is 0 Å². The zero-order valence-corrected chi connectivity index (χ0v) is 26.5. The minimum absolute atomic E-state index is 0.00606. The Morgan fingerprint density at radius 1 is 0.951 bits per heavy atom. The van der Waals surface area contributed by atoms with Crippen molar-refractivity contribution in [3.8, 4) is 0 Å². The number of carbonyl (C=O) groups is 1. The first-order chi connectivity index (χ1) is 19.4. The predicted octanol–water partition coefficient (Wildman–Crippen LogP) is 7.36. The normalized spacial score (nSPS) is 49.3. The van der Waals surface area contributed by atoms with E-state index in [-0.39, 0.29) is 27.4 Å². The summed E-state index contributed by atoms with van der Waals surface area (Å²) in [6.07, 6.45) is 9.95. The molecule has 0 aromatic heterocycles. The molecule has 6 fully saturated rings. The lowest BCUT2D eigenvalue weighted by Crippen LogP contribution is -2.58. The van der Waals surface area contributed by atoms with Crippen molar-refractivity contribution < 1.29 is 22.1 Å². The van der Waals surface area contributed by atoms with Crippen LogP contribution in [0.15, 0.2) is 29.2 Å². The first kappa shape index (κ1) is 28.5. The van der Waals surface area contributed by atoms with Gasteiger partial charge in [0.2, 0.25) is 0 Å².